The lowest BCUT2D eigenvalue weighted by atomic mass is 10.1. The third-order valence-corrected chi connectivity index (χ3v) is 3.15. The fourth-order valence-electron chi connectivity index (χ4n) is 1.72. The second kappa shape index (κ2) is 8.50. The van der Waals surface area contributed by atoms with Gasteiger partial charge in [-0.2, -0.15) is 0 Å². The molecule has 0 fully saturated rings. The van der Waals surface area contributed by atoms with Crippen LogP contribution in [-0.2, 0) is 24.3 Å². The maximum absolute atomic E-state index is 11.7. The first kappa shape index (κ1) is 18.9. The van der Waals surface area contributed by atoms with E-state index in [4.69, 9.17) is 9.47 Å². The van der Waals surface area contributed by atoms with E-state index < -0.39 is 17.7 Å². The predicted octanol–water partition coefficient (Wildman–Crippen LogP) is 3.28. The number of benzene rings is 1. The van der Waals surface area contributed by atoms with Gasteiger partial charge in [-0.25, -0.2) is 14.5 Å². The normalized spacial score (nSPS) is 11.0. The zero-order valence-electron chi connectivity index (χ0n) is 14.0. The van der Waals surface area contributed by atoms with Gasteiger partial charge >= 0.3 is 12.1 Å². The summed E-state index contributed by atoms with van der Waals surface area (Å²) in [5.74, 6) is -0.773. The van der Waals surface area contributed by atoms with Crippen LogP contribution in [0.5, 0.6) is 0 Å². The minimum Gasteiger partial charge on any atom is -0.432 e. The summed E-state index contributed by atoms with van der Waals surface area (Å²) in [6.07, 6.45) is -0.633. The Labute approximate surface area is 135 Å². The van der Waals surface area contributed by atoms with Crippen LogP contribution in [-0.4, -0.2) is 31.4 Å². The van der Waals surface area contributed by atoms with Crippen LogP contribution in [0, 0.1) is 13.8 Å². The van der Waals surface area contributed by atoms with Gasteiger partial charge in [-0.05, 0) is 39.8 Å². The minimum absolute atomic E-state index is 0.0774. The summed E-state index contributed by atoms with van der Waals surface area (Å²) >= 11 is 0. The minimum atomic E-state index is -1.11. The number of rotatable bonds is 7. The topological polar surface area (TPSA) is 80.3 Å². The number of hydrogen-bond acceptors (Lipinski definition) is 7. The molecule has 0 amide bonds. The summed E-state index contributed by atoms with van der Waals surface area (Å²) in [5.41, 5.74) is 1.67. The van der Waals surface area contributed by atoms with Crippen molar-refractivity contribution in [3.8, 4) is 0 Å². The first-order valence-electron chi connectivity index (χ1n) is 7.09. The predicted molar refractivity (Wildman–Crippen MR) is 80.6 cm³/mol. The van der Waals surface area contributed by atoms with Crippen LogP contribution < -0.4 is 0 Å². The lowest BCUT2D eigenvalue weighted by Crippen LogP contribution is -2.25. The summed E-state index contributed by atoms with van der Waals surface area (Å²) in [6.45, 7) is 7.47. The highest BCUT2D eigenvalue weighted by Gasteiger charge is 2.18. The number of methoxy groups -OCH3 is 1. The number of aryl methyl sites for hydroxylation is 2. The largest absolute Gasteiger partial charge is 0.543 e. The van der Waals surface area contributed by atoms with Gasteiger partial charge in [0.25, 0.3) is 0 Å². The van der Waals surface area contributed by atoms with Gasteiger partial charge in [0.2, 0.25) is 0 Å². The number of carbonyl (C=O) groups is 2. The molecule has 0 spiro atoms. The second-order valence-electron chi connectivity index (χ2n) is 5.71. The van der Waals surface area contributed by atoms with Gasteiger partial charge in [0.1, 0.15) is 0 Å². The van der Waals surface area contributed by atoms with Crippen molar-refractivity contribution in [1.82, 2.24) is 0 Å². The number of ether oxygens (including phenoxy) is 2. The van der Waals surface area contributed by atoms with Crippen molar-refractivity contribution in [3.63, 3.8) is 0 Å². The molecule has 0 N–H and O–H groups in total. The molecule has 7 nitrogen and oxygen atoms in total. The highest BCUT2D eigenvalue weighted by Crippen LogP contribution is 2.13. The van der Waals surface area contributed by atoms with Gasteiger partial charge in [0, 0.05) is 13.5 Å². The van der Waals surface area contributed by atoms with Crippen LogP contribution in [0.2, 0.25) is 0 Å². The van der Waals surface area contributed by atoms with E-state index in [1.807, 2.05) is 33.8 Å². The molecule has 0 heterocycles. The number of hydrogen-bond donors (Lipinski definition) is 0. The molecule has 0 aliphatic carbocycles. The molecule has 0 aromatic heterocycles. The van der Waals surface area contributed by atoms with Crippen molar-refractivity contribution < 1.29 is 33.9 Å². The maximum Gasteiger partial charge on any atom is 0.543 e. The molecule has 0 saturated carbocycles. The molecule has 0 saturated heterocycles. The lowest BCUT2D eigenvalue weighted by Gasteiger charge is -2.21. The van der Waals surface area contributed by atoms with Gasteiger partial charge in [-0.1, -0.05) is 17.2 Å². The van der Waals surface area contributed by atoms with E-state index in [0.29, 0.717) is 12.0 Å². The fraction of sp³-hybridized carbons (Fsp3) is 0.500. The quantitative estimate of drug-likeness (QED) is 0.432. The molecule has 7 heteroatoms. The third kappa shape index (κ3) is 7.12. The van der Waals surface area contributed by atoms with Crippen molar-refractivity contribution in [2.75, 3.05) is 13.7 Å². The molecule has 0 aliphatic rings. The highest BCUT2D eigenvalue weighted by atomic mass is 17.5. The summed E-state index contributed by atoms with van der Waals surface area (Å²) in [5, 5.41) is 4.15. The Morgan fingerprint density at radius 2 is 1.65 bits per heavy atom. The molecular weight excluding hydrogens is 304 g/mol. The van der Waals surface area contributed by atoms with Gasteiger partial charge in [-0.15, -0.1) is 0 Å². The monoisotopic (exact) mass is 326 g/mol. The highest BCUT2D eigenvalue weighted by molar-refractivity contribution is 5.89. The summed E-state index contributed by atoms with van der Waals surface area (Å²) in [4.78, 5) is 31.5. The van der Waals surface area contributed by atoms with Crippen molar-refractivity contribution in [1.29, 1.82) is 0 Å². The Morgan fingerprint density at radius 1 is 1.04 bits per heavy atom. The van der Waals surface area contributed by atoms with Crippen LogP contribution in [0.4, 0.5) is 4.79 Å². The smallest absolute Gasteiger partial charge is 0.432 e. The van der Waals surface area contributed by atoms with E-state index >= 15 is 0 Å². The van der Waals surface area contributed by atoms with Crippen molar-refractivity contribution in [3.05, 3.63) is 34.9 Å². The first-order valence-corrected chi connectivity index (χ1v) is 7.09. The van der Waals surface area contributed by atoms with Gasteiger partial charge in [0.05, 0.1) is 22.8 Å². The molecule has 0 atom stereocenters. The summed E-state index contributed by atoms with van der Waals surface area (Å²) in [7, 11) is 1.56. The van der Waals surface area contributed by atoms with Gasteiger partial charge in [0.15, 0.2) is 0 Å². The Hall–Kier alpha value is -2.12. The average molecular weight is 326 g/mol. The van der Waals surface area contributed by atoms with Crippen LogP contribution >= 0.6 is 0 Å². The second-order valence-corrected chi connectivity index (χ2v) is 5.71. The molecule has 0 bridgehead atoms. The van der Waals surface area contributed by atoms with Crippen LogP contribution in [0.3, 0.4) is 0 Å². The third-order valence-electron chi connectivity index (χ3n) is 3.15. The lowest BCUT2D eigenvalue weighted by molar-refractivity contribution is -0.452. The molecular formula is C16H22O7. The Balaban J connectivity index is 2.30. The molecule has 0 aliphatic heterocycles. The van der Waals surface area contributed by atoms with Crippen LogP contribution in [0.1, 0.15) is 41.8 Å². The van der Waals surface area contributed by atoms with Gasteiger partial charge < -0.3 is 9.47 Å². The Bertz CT molecular complexity index is 531. The Morgan fingerprint density at radius 3 is 2.22 bits per heavy atom. The summed E-state index contributed by atoms with van der Waals surface area (Å²) < 4.78 is 9.92. The molecule has 0 unspecified atom stereocenters. The van der Waals surface area contributed by atoms with E-state index in [2.05, 4.69) is 14.8 Å². The fourth-order valence-corrected chi connectivity index (χ4v) is 1.72. The van der Waals surface area contributed by atoms with Crippen molar-refractivity contribution in [2.45, 2.75) is 39.7 Å². The first-order chi connectivity index (χ1) is 10.7. The molecule has 1 aromatic carbocycles. The van der Waals surface area contributed by atoms with Crippen LogP contribution in [0.15, 0.2) is 18.2 Å². The van der Waals surface area contributed by atoms with Crippen molar-refractivity contribution in [2.24, 2.45) is 0 Å². The average Bonchev–Trinajstić information content (AvgIpc) is 2.46. The zero-order valence-corrected chi connectivity index (χ0v) is 14.0. The van der Waals surface area contributed by atoms with E-state index in [-0.39, 0.29) is 6.61 Å². The molecule has 23 heavy (non-hydrogen) atoms. The molecule has 0 radical (unpaired) electrons. The number of carbonyl (C=O) groups excluding carboxylic acids is 2. The molecule has 1 aromatic rings. The van der Waals surface area contributed by atoms with Gasteiger partial charge in [-0.3, -0.25) is 4.89 Å². The Kier molecular flexibility index (Phi) is 6.99. The van der Waals surface area contributed by atoms with E-state index in [1.54, 1.807) is 19.2 Å². The maximum atomic E-state index is 11.7. The molecule has 1 rings (SSSR count). The van der Waals surface area contributed by atoms with E-state index in [9.17, 15) is 9.59 Å². The van der Waals surface area contributed by atoms with Crippen LogP contribution in [0.25, 0.3) is 0 Å². The van der Waals surface area contributed by atoms with E-state index in [0.717, 1.165) is 11.1 Å². The SMILES string of the molecule is COC(C)(C)CCOC(=O)OOOC(=O)c1cc(C)cc(C)c1. The van der Waals surface area contributed by atoms with E-state index in [1.165, 1.54) is 0 Å². The standard InChI is InChI=1S/C16H22O7/c1-11-8-12(2)10-13(9-11)14(17)21-23-22-15(18)20-7-6-16(3,4)19-5/h8-10H,6-7H2,1-5H3. The molecule has 128 valence electrons. The summed E-state index contributed by atoms with van der Waals surface area (Å²) in [6, 6.07) is 5.17. The van der Waals surface area contributed by atoms with Crippen molar-refractivity contribution >= 4 is 12.1 Å². The zero-order chi connectivity index (χ0) is 17.5.